The van der Waals surface area contributed by atoms with Crippen LogP contribution in [0.3, 0.4) is 0 Å². The summed E-state index contributed by atoms with van der Waals surface area (Å²) in [5.41, 5.74) is 7.17. The Labute approximate surface area is 171 Å². The van der Waals surface area contributed by atoms with Crippen LogP contribution in [-0.2, 0) is 4.74 Å². The lowest BCUT2D eigenvalue weighted by atomic mass is 9.78. The molecule has 0 radical (unpaired) electrons. The van der Waals surface area contributed by atoms with Crippen LogP contribution in [0.15, 0.2) is 40.5 Å². The number of hydrogen-bond donors (Lipinski definition) is 1. The van der Waals surface area contributed by atoms with Crippen molar-refractivity contribution in [2.24, 2.45) is 5.41 Å². The summed E-state index contributed by atoms with van der Waals surface area (Å²) in [6.45, 7) is 3.71. The van der Waals surface area contributed by atoms with Crippen LogP contribution in [-0.4, -0.2) is 46.2 Å². The van der Waals surface area contributed by atoms with Gasteiger partial charge in [-0.05, 0) is 42.9 Å². The monoisotopic (exact) mass is 412 g/mol. The van der Waals surface area contributed by atoms with Gasteiger partial charge in [0.2, 0.25) is 0 Å². The fourth-order valence-corrected chi connectivity index (χ4v) is 4.79. The number of rotatable bonds is 3. The number of hydrogen-bond acceptors (Lipinski definition) is 8. The zero-order valence-electron chi connectivity index (χ0n) is 15.8. The molecule has 5 heterocycles. The lowest BCUT2D eigenvalue weighted by Gasteiger charge is -2.38. The minimum absolute atomic E-state index is 0.118. The molecule has 2 aliphatic rings. The van der Waals surface area contributed by atoms with Gasteiger partial charge in [-0.15, -0.1) is 0 Å². The number of aromatic nitrogens is 4. The van der Waals surface area contributed by atoms with Gasteiger partial charge in [-0.2, -0.15) is 0 Å². The summed E-state index contributed by atoms with van der Waals surface area (Å²) >= 11 is 1.19. The third-order valence-corrected chi connectivity index (χ3v) is 6.77. The molecular weight excluding hydrogens is 391 g/mol. The van der Waals surface area contributed by atoms with Crippen molar-refractivity contribution in [3.63, 3.8) is 0 Å². The van der Waals surface area contributed by atoms with Gasteiger partial charge >= 0.3 is 0 Å². The number of piperidine rings is 1. The molecule has 0 unspecified atom stereocenters. The summed E-state index contributed by atoms with van der Waals surface area (Å²) in [5.74, 6) is 0.227. The van der Waals surface area contributed by atoms with Gasteiger partial charge in [0.1, 0.15) is 16.4 Å². The third kappa shape index (κ3) is 3.60. The second kappa shape index (κ2) is 7.38. The molecule has 3 aromatic heterocycles. The number of ether oxygens (including phenoxy) is 1. The van der Waals surface area contributed by atoms with Crippen LogP contribution >= 0.6 is 11.8 Å². The van der Waals surface area contributed by atoms with Crippen molar-refractivity contribution in [2.75, 3.05) is 36.9 Å². The number of nitrogen functional groups attached to an aromatic ring is 1. The molecule has 5 rings (SSSR count). The lowest BCUT2D eigenvalue weighted by Crippen LogP contribution is -2.40. The predicted molar refractivity (Wildman–Crippen MR) is 109 cm³/mol. The van der Waals surface area contributed by atoms with Gasteiger partial charge in [-0.25, -0.2) is 24.3 Å². The molecular formula is C20H21FN6OS. The van der Waals surface area contributed by atoms with Crippen molar-refractivity contribution in [2.45, 2.75) is 29.2 Å². The Balaban J connectivity index is 1.34. The number of nitrogens with zero attached hydrogens (tertiary/aromatic N) is 5. The van der Waals surface area contributed by atoms with E-state index in [1.54, 1.807) is 12.3 Å². The van der Waals surface area contributed by atoms with E-state index in [2.05, 4.69) is 19.9 Å². The van der Waals surface area contributed by atoms with Gasteiger partial charge in [-0.1, -0.05) is 11.8 Å². The first-order valence-electron chi connectivity index (χ1n) is 9.66. The Morgan fingerprint density at radius 1 is 1.10 bits per heavy atom. The molecule has 0 aromatic carbocycles. The molecule has 1 spiro atoms. The van der Waals surface area contributed by atoms with E-state index in [-0.39, 0.29) is 5.82 Å². The topological polar surface area (TPSA) is 90.0 Å². The van der Waals surface area contributed by atoms with Crippen LogP contribution in [0, 0.1) is 11.2 Å². The van der Waals surface area contributed by atoms with Crippen molar-refractivity contribution in [3.8, 4) is 0 Å². The minimum atomic E-state index is -0.531. The van der Waals surface area contributed by atoms with E-state index >= 15 is 0 Å². The molecule has 29 heavy (non-hydrogen) atoms. The van der Waals surface area contributed by atoms with Crippen molar-refractivity contribution in [1.82, 2.24) is 19.9 Å². The Morgan fingerprint density at radius 3 is 2.76 bits per heavy atom. The van der Waals surface area contributed by atoms with Crippen molar-refractivity contribution in [3.05, 3.63) is 36.4 Å². The molecule has 150 valence electrons. The molecule has 3 aromatic rings. The van der Waals surface area contributed by atoms with Crippen molar-refractivity contribution >= 4 is 34.6 Å². The maximum Gasteiger partial charge on any atom is 0.179 e. The normalized spacial score (nSPS) is 18.6. The zero-order valence-corrected chi connectivity index (χ0v) is 16.7. The first-order chi connectivity index (χ1) is 14.1. The summed E-state index contributed by atoms with van der Waals surface area (Å²) in [7, 11) is 0. The van der Waals surface area contributed by atoms with Gasteiger partial charge < -0.3 is 15.4 Å². The highest BCUT2D eigenvalue weighted by Gasteiger charge is 2.38. The summed E-state index contributed by atoms with van der Waals surface area (Å²) in [6.07, 6.45) is 6.67. The molecule has 0 atom stereocenters. The first-order valence-corrected chi connectivity index (χ1v) is 10.5. The highest BCUT2D eigenvalue weighted by molar-refractivity contribution is 7.99. The van der Waals surface area contributed by atoms with Crippen molar-refractivity contribution < 1.29 is 9.13 Å². The molecule has 2 saturated heterocycles. The van der Waals surface area contributed by atoms with Gasteiger partial charge in [-0.3, -0.25) is 0 Å². The maximum atomic E-state index is 14.1. The fourth-order valence-electron chi connectivity index (χ4n) is 3.97. The van der Waals surface area contributed by atoms with Gasteiger partial charge in [0.05, 0.1) is 17.7 Å². The van der Waals surface area contributed by atoms with Crippen molar-refractivity contribution in [1.29, 1.82) is 0 Å². The molecule has 0 saturated carbocycles. The van der Waals surface area contributed by atoms with E-state index in [1.807, 2.05) is 12.1 Å². The van der Waals surface area contributed by atoms with E-state index in [4.69, 9.17) is 15.5 Å². The number of fused-ring (bicyclic) bond motifs is 1. The second-order valence-corrected chi connectivity index (χ2v) is 8.68. The summed E-state index contributed by atoms with van der Waals surface area (Å²) in [4.78, 5) is 20.2. The van der Waals surface area contributed by atoms with Crippen LogP contribution in [0.25, 0.3) is 11.2 Å². The second-order valence-electron chi connectivity index (χ2n) is 7.62. The molecule has 2 fully saturated rings. The predicted octanol–water partition coefficient (Wildman–Crippen LogP) is 3.30. The molecule has 0 amide bonds. The van der Waals surface area contributed by atoms with Crippen LogP contribution in [0.1, 0.15) is 19.3 Å². The number of halogens is 1. The minimum Gasteiger partial charge on any atom is -0.381 e. The Bertz CT molecular complexity index is 1050. The third-order valence-electron chi connectivity index (χ3n) is 5.79. The Morgan fingerprint density at radius 2 is 1.97 bits per heavy atom. The van der Waals surface area contributed by atoms with Crippen LogP contribution in [0.4, 0.5) is 16.0 Å². The molecule has 7 nitrogen and oxygen atoms in total. The number of nitrogens with two attached hydrogens (primary N) is 1. The van der Waals surface area contributed by atoms with Crippen LogP contribution in [0.2, 0.25) is 0 Å². The first kappa shape index (κ1) is 18.5. The van der Waals surface area contributed by atoms with E-state index in [0.29, 0.717) is 21.0 Å². The molecule has 0 bridgehead atoms. The van der Waals surface area contributed by atoms with Gasteiger partial charge in [0, 0.05) is 25.9 Å². The highest BCUT2D eigenvalue weighted by Crippen LogP contribution is 2.40. The Hall–Kier alpha value is -2.52. The summed E-state index contributed by atoms with van der Waals surface area (Å²) in [6, 6.07) is 5.28. The van der Waals surface area contributed by atoms with Crippen LogP contribution in [0.5, 0.6) is 0 Å². The molecule has 2 aliphatic heterocycles. The number of anilines is 2. The average molecular weight is 412 g/mol. The quantitative estimate of drug-likeness (QED) is 0.701. The maximum absolute atomic E-state index is 14.1. The smallest absolute Gasteiger partial charge is 0.179 e. The van der Waals surface area contributed by atoms with Crippen LogP contribution < -0.4 is 10.6 Å². The van der Waals surface area contributed by atoms with E-state index < -0.39 is 5.82 Å². The SMILES string of the molecule is Nc1nccc(Sc2ccc3nc(N4CCC5(CCOC5)CC4)cnc3n2)c1F. The highest BCUT2D eigenvalue weighted by atomic mass is 32.2. The molecule has 0 aliphatic carbocycles. The fraction of sp³-hybridized carbons (Fsp3) is 0.400. The largest absolute Gasteiger partial charge is 0.381 e. The average Bonchev–Trinajstić information content (AvgIpc) is 3.19. The van der Waals surface area contributed by atoms with Gasteiger partial charge in [0.15, 0.2) is 17.3 Å². The zero-order chi connectivity index (χ0) is 19.8. The van der Waals surface area contributed by atoms with E-state index in [1.165, 1.54) is 24.4 Å². The lowest BCUT2D eigenvalue weighted by molar-refractivity contribution is 0.133. The molecule has 9 heteroatoms. The molecule has 2 N–H and O–H groups in total. The van der Waals surface area contributed by atoms with E-state index in [0.717, 1.165) is 50.5 Å². The summed E-state index contributed by atoms with van der Waals surface area (Å²) < 4.78 is 19.7. The number of pyridine rings is 2. The standard InChI is InChI=1S/C20H21FN6OS/c21-17-14(3-7-23-18(17)22)29-16-2-1-13-19(26-16)24-11-15(25-13)27-8-4-20(5-9-27)6-10-28-12-20/h1-3,7,11H,4-6,8-10,12H2,(H2,22,23). The van der Waals surface area contributed by atoms with E-state index in [9.17, 15) is 4.39 Å². The Kier molecular flexibility index (Phi) is 4.71. The summed E-state index contributed by atoms with van der Waals surface area (Å²) in [5, 5.41) is 0.630. The van der Waals surface area contributed by atoms with Gasteiger partial charge in [0.25, 0.3) is 0 Å².